The molecule has 1 heterocycles. The Morgan fingerprint density at radius 1 is 0.915 bits per heavy atom. The van der Waals surface area contributed by atoms with Crippen molar-refractivity contribution in [2.45, 2.75) is 53.1 Å². The highest BCUT2D eigenvalue weighted by molar-refractivity contribution is 5.89. The van der Waals surface area contributed by atoms with Gasteiger partial charge >= 0.3 is 5.97 Å². The van der Waals surface area contributed by atoms with Crippen molar-refractivity contribution in [1.29, 1.82) is 0 Å². The maximum absolute atomic E-state index is 11.2. The fourth-order valence-corrected chi connectivity index (χ4v) is 4.75. The monoisotopic (exact) mass is 645 g/mol. The average molecular weight is 646 g/mol. The van der Waals surface area contributed by atoms with E-state index in [-0.39, 0.29) is 18.7 Å². The maximum Gasteiger partial charge on any atom is 0.335 e. The molecule has 3 aromatic carbocycles. The van der Waals surface area contributed by atoms with Gasteiger partial charge in [0, 0.05) is 28.8 Å². The number of aliphatic hydroxyl groups excluding tert-OH is 2. The van der Waals surface area contributed by atoms with E-state index < -0.39 is 24.6 Å². The van der Waals surface area contributed by atoms with Gasteiger partial charge in [-0.2, -0.15) is 4.98 Å². The van der Waals surface area contributed by atoms with Gasteiger partial charge in [-0.25, -0.2) is 4.79 Å². The van der Waals surface area contributed by atoms with Crippen LogP contribution in [0.5, 0.6) is 5.75 Å². The van der Waals surface area contributed by atoms with Gasteiger partial charge in [0.05, 0.1) is 5.56 Å². The molecule has 1 amide bonds. The Morgan fingerprint density at radius 2 is 1.53 bits per heavy atom. The molecule has 0 radical (unpaired) electrons. The summed E-state index contributed by atoms with van der Waals surface area (Å²) in [6.45, 7) is 7.09. The number of aliphatic hydroxyl groups is 2. The molecule has 12 heteroatoms. The van der Waals surface area contributed by atoms with E-state index in [0.717, 1.165) is 46.0 Å². The summed E-state index contributed by atoms with van der Waals surface area (Å²) in [5.41, 5.74) is 6.39. The second-order valence-corrected chi connectivity index (χ2v) is 10.6. The molecule has 0 fully saturated rings. The molecule has 0 bridgehead atoms. The number of rotatable bonds is 14. The third kappa shape index (κ3) is 9.65. The molecule has 0 aliphatic rings. The molecule has 0 aliphatic heterocycles. The zero-order valence-corrected chi connectivity index (χ0v) is 26.8. The molecule has 0 unspecified atom stereocenters. The van der Waals surface area contributed by atoms with Crippen LogP contribution < -0.4 is 10.1 Å². The van der Waals surface area contributed by atoms with Gasteiger partial charge in [-0.05, 0) is 84.8 Å². The standard InChI is InChI=1S/C25H29N3O6.C10H10O3/c1-4-16-9-18(6-7-19(16)12-29)25-27-24(28-34-25)20-8-15(3)23(17(5-2)10-20)33-14-21(31)11-26-22(32)13-30;1-2-7-5-8(10(12)13)3-4-9(7)6-11/h6-10,12,21,30-31H,4-5,11,13-14H2,1-3H3,(H,26,32);3-6H,2H2,1H3,(H,12,13)/t21-;/m0./s1. The van der Waals surface area contributed by atoms with Gasteiger partial charge in [-0.3, -0.25) is 14.4 Å². The fourth-order valence-electron chi connectivity index (χ4n) is 4.75. The van der Waals surface area contributed by atoms with Crippen molar-refractivity contribution < 1.29 is 43.8 Å². The lowest BCUT2D eigenvalue weighted by atomic mass is 10.0. The zero-order chi connectivity index (χ0) is 34.5. The molecule has 0 saturated heterocycles. The fraction of sp³-hybridized carbons (Fsp3) is 0.314. The van der Waals surface area contributed by atoms with Crippen LogP contribution in [0.25, 0.3) is 22.8 Å². The Kier molecular flexibility index (Phi) is 13.5. The summed E-state index contributed by atoms with van der Waals surface area (Å²) in [5, 5.41) is 34.0. The van der Waals surface area contributed by atoms with E-state index in [9.17, 15) is 24.3 Å². The van der Waals surface area contributed by atoms with Gasteiger partial charge in [0.25, 0.3) is 5.89 Å². The van der Waals surface area contributed by atoms with Crippen molar-refractivity contribution in [3.8, 4) is 28.6 Å². The van der Waals surface area contributed by atoms with Gasteiger partial charge in [0.2, 0.25) is 11.7 Å². The van der Waals surface area contributed by atoms with Crippen molar-refractivity contribution in [1.82, 2.24) is 15.5 Å². The number of nitrogens with one attached hydrogen (secondary N) is 1. The van der Waals surface area contributed by atoms with E-state index in [4.69, 9.17) is 19.5 Å². The molecule has 4 N–H and O–H groups in total. The van der Waals surface area contributed by atoms with E-state index in [1.165, 1.54) is 18.2 Å². The number of aryl methyl sites for hydroxylation is 4. The van der Waals surface area contributed by atoms with E-state index in [1.807, 2.05) is 45.9 Å². The lowest BCUT2D eigenvalue weighted by molar-refractivity contribution is -0.124. The smallest absolute Gasteiger partial charge is 0.335 e. The Morgan fingerprint density at radius 3 is 2.13 bits per heavy atom. The SMILES string of the molecule is CCc1cc(-c2nc(-c3cc(C)c(OC[C@@H](O)CNC(=O)CO)c(CC)c3)no2)ccc1C=O.CCc1cc(C(=O)O)ccc1C=O. The molecular weight excluding hydrogens is 606 g/mol. The van der Waals surface area contributed by atoms with Crippen LogP contribution in [0.2, 0.25) is 0 Å². The summed E-state index contributed by atoms with van der Waals surface area (Å²) in [6.07, 6.45) is 2.72. The van der Waals surface area contributed by atoms with E-state index in [1.54, 1.807) is 12.1 Å². The van der Waals surface area contributed by atoms with Crippen LogP contribution in [0.15, 0.2) is 53.1 Å². The number of hydrogen-bond acceptors (Lipinski definition) is 10. The molecule has 248 valence electrons. The minimum absolute atomic E-state index is 0.0121. The number of aldehydes is 2. The molecule has 0 spiro atoms. The number of nitrogens with zero attached hydrogens (tertiary/aromatic N) is 2. The third-order valence-corrected chi connectivity index (χ3v) is 7.31. The van der Waals surface area contributed by atoms with E-state index in [0.29, 0.717) is 47.9 Å². The number of aromatic carboxylic acids is 1. The van der Waals surface area contributed by atoms with Crippen LogP contribution in [0.3, 0.4) is 0 Å². The Bertz CT molecular complexity index is 1710. The van der Waals surface area contributed by atoms with Gasteiger partial charge in [-0.15, -0.1) is 0 Å². The minimum atomic E-state index is -0.966. The van der Waals surface area contributed by atoms with Gasteiger partial charge in [-0.1, -0.05) is 38.1 Å². The second kappa shape index (κ2) is 17.5. The van der Waals surface area contributed by atoms with Gasteiger partial charge < -0.3 is 29.9 Å². The predicted molar refractivity (Wildman–Crippen MR) is 174 cm³/mol. The number of carboxylic acids is 1. The summed E-state index contributed by atoms with van der Waals surface area (Å²) in [6, 6.07) is 13.7. The number of amides is 1. The average Bonchev–Trinajstić information content (AvgIpc) is 3.59. The first kappa shape index (κ1) is 36.3. The predicted octanol–water partition coefficient (Wildman–Crippen LogP) is 4.26. The van der Waals surface area contributed by atoms with Crippen LogP contribution in [0.4, 0.5) is 0 Å². The summed E-state index contributed by atoms with van der Waals surface area (Å²) in [4.78, 5) is 48.0. The molecule has 47 heavy (non-hydrogen) atoms. The van der Waals surface area contributed by atoms with Crippen LogP contribution >= 0.6 is 0 Å². The van der Waals surface area contributed by atoms with Crippen LogP contribution in [-0.4, -0.2) is 75.8 Å². The minimum Gasteiger partial charge on any atom is -0.490 e. The Hall–Kier alpha value is -5.20. The molecule has 12 nitrogen and oxygen atoms in total. The quantitative estimate of drug-likeness (QED) is 0.143. The first-order valence-corrected chi connectivity index (χ1v) is 15.1. The Labute approximate surface area is 272 Å². The van der Waals surface area contributed by atoms with Crippen LogP contribution in [0.1, 0.15) is 74.1 Å². The largest absolute Gasteiger partial charge is 0.490 e. The molecule has 0 aliphatic carbocycles. The Balaban J connectivity index is 0.000000386. The number of ether oxygens (including phenoxy) is 1. The highest BCUT2D eigenvalue weighted by atomic mass is 16.5. The normalized spacial score (nSPS) is 11.2. The van der Waals surface area contributed by atoms with Crippen molar-refractivity contribution in [3.05, 3.63) is 87.5 Å². The topological polar surface area (TPSA) is 189 Å². The molecule has 1 aromatic heterocycles. The summed E-state index contributed by atoms with van der Waals surface area (Å²) >= 11 is 0. The first-order valence-electron chi connectivity index (χ1n) is 15.1. The third-order valence-electron chi connectivity index (χ3n) is 7.31. The summed E-state index contributed by atoms with van der Waals surface area (Å²) in [7, 11) is 0. The van der Waals surface area contributed by atoms with Gasteiger partial charge in [0.15, 0.2) is 0 Å². The lowest BCUT2D eigenvalue weighted by Gasteiger charge is -2.17. The number of carbonyl (C=O) groups excluding carboxylic acids is 3. The number of carbonyl (C=O) groups is 4. The van der Waals surface area contributed by atoms with Crippen molar-refractivity contribution in [2.24, 2.45) is 0 Å². The lowest BCUT2D eigenvalue weighted by Crippen LogP contribution is -2.36. The van der Waals surface area contributed by atoms with Crippen LogP contribution in [-0.2, 0) is 24.1 Å². The van der Waals surface area contributed by atoms with Crippen molar-refractivity contribution in [2.75, 3.05) is 19.8 Å². The highest BCUT2D eigenvalue weighted by Crippen LogP contribution is 2.31. The van der Waals surface area contributed by atoms with Crippen molar-refractivity contribution >= 4 is 24.4 Å². The first-order chi connectivity index (χ1) is 22.6. The molecule has 4 aromatic rings. The highest BCUT2D eigenvalue weighted by Gasteiger charge is 2.17. The number of carboxylic acid groups (broad SMARTS) is 1. The second-order valence-electron chi connectivity index (χ2n) is 10.6. The summed E-state index contributed by atoms with van der Waals surface area (Å²) in [5.74, 6) is -0.0690. The van der Waals surface area contributed by atoms with Gasteiger partial charge in [0.1, 0.15) is 37.6 Å². The molecular formula is C35H39N3O9. The van der Waals surface area contributed by atoms with E-state index in [2.05, 4.69) is 15.5 Å². The number of hydrogen-bond donors (Lipinski definition) is 4. The number of benzene rings is 3. The zero-order valence-electron chi connectivity index (χ0n) is 26.8. The molecule has 0 saturated carbocycles. The summed E-state index contributed by atoms with van der Waals surface area (Å²) < 4.78 is 11.3. The maximum atomic E-state index is 11.2. The molecule has 1 atom stereocenters. The molecule has 4 rings (SSSR count). The van der Waals surface area contributed by atoms with Crippen molar-refractivity contribution in [3.63, 3.8) is 0 Å². The van der Waals surface area contributed by atoms with E-state index >= 15 is 0 Å². The number of aromatic nitrogens is 2. The van der Waals surface area contributed by atoms with Crippen LogP contribution in [0, 0.1) is 6.92 Å².